The molecule has 0 aromatic heterocycles. The number of hydrogen-bond acceptors (Lipinski definition) is 4. The van der Waals surface area contributed by atoms with E-state index in [1.807, 2.05) is 18.2 Å². The van der Waals surface area contributed by atoms with Crippen molar-refractivity contribution in [3.63, 3.8) is 0 Å². The molecule has 2 bridgehead atoms. The molecule has 4 nitrogen and oxygen atoms in total. The lowest BCUT2D eigenvalue weighted by molar-refractivity contribution is -0.201. The van der Waals surface area contributed by atoms with Crippen molar-refractivity contribution in [2.24, 2.45) is 0 Å². The average Bonchev–Trinajstić information content (AvgIpc) is 2.87. The molecule has 0 amide bonds. The van der Waals surface area contributed by atoms with Crippen molar-refractivity contribution in [1.82, 2.24) is 0 Å². The lowest BCUT2D eigenvalue weighted by Crippen LogP contribution is -2.45. The molecule has 2 fully saturated rings. The first-order valence-corrected chi connectivity index (χ1v) is 7.31. The molecule has 4 heteroatoms. The Kier molecular flexibility index (Phi) is 4.36. The van der Waals surface area contributed by atoms with Crippen LogP contribution in [-0.4, -0.2) is 37.8 Å². The van der Waals surface area contributed by atoms with Gasteiger partial charge in [-0.3, -0.25) is 0 Å². The highest BCUT2D eigenvalue weighted by molar-refractivity contribution is 5.13. The van der Waals surface area contributed by atoms with Crippen LogP contribution < -0.4 is 0 Å². The minimum atomic E-state index is -0.230. The Morgan fingerprint density at radius 1 is 1.15 bits per heavy atom. The number of rotatable bonds is 5. The molecule has 5 atom stereocenters. The fourth-order valence-corrected chi connectivity index (χ4v) is 2.98. The van der Waals surface area contributed by atoms with E-state index < -0.39 is 0 Å². The molecule has 1 aromatic carbocycles. The molecule has 2 aliphatic heterocycles. The van der Waals surface area contributed by atoms with E-state index in [1.165, 1.54) is 5.56 Å². The van der Waals surface area contributed by atoms with Crippen molar-refractivity contribution in [2.45, 2.75) is 57.1 Å². The smallest absolute Gasteiger partial charge is 0.184 e. The molecule has 0 unspecified atom stereocenters. The maximum Gasteiger partial charge on any atom is 0.184 e. The Morgan fingerprint density at radius 3 is 2.65 bits per heavy atom. The number of ether oxygens (including phenoxy) is 4. The highest BCUT2D eigenvalue weighted by Gasteiger charge is 2.49. The first kappa shape index (κ1) is 14.0. The molecule has 20 heavy (non-hydrogen) atoms. The second-order valence-corrected chi connectivity index (χ2v) is 5.40. The predicted octanol–water partition coefficient (Wildman–Crippen LogP) is 2.51. The predicted molar refractivity (Wildman–Crippen MR) is 74.3 cm³/mol. The molecule has 2 saturated heterocycles. The summed E-state index contributed by atoms with van der Waals surface area (Å²) in [7, 11) is 1.70. The molecule has 0 N–H and O–H groups in total. The zero-order chi connectivity index (χ0) is 13.9. The third-order valence-electron chi connectivity index (χ3n) is 4.11. The third kappa shape index (κ3) is 2.74. The van der Waals surface area contributed by atoms with Crippen LogP contribution in [0.5, 0.6) is 0 Å². The van der Waals surface area contributed by atoms with Gasteiger partial charge >= 0.3 is 0 Å². The second-order valence-electron chi connectivity index (χ2n) is 5.40. The van der Waals surface area contributed by atoms with E-state index in [9.17, 15) is 0 Å². The molecule has 2 aliphatic rings. The van der Waals surface area contributed by atoms with Gasteiger partial charge in [-0.25, -0.2) is 0 Å². The van der Waals surface area contributed by atoms with Crippen molar-refractivity contribution in [2.75, 3.05) is 7.11 Å². The Balaban J connectivity index is 1.65. The zero-order valence-electron chi connectivity index (χ0n) is 12.0. The van der Waals surface area contributed by atoms with E-state index in [1.54, 1.807) is 7.11 Å². The third-order valence-corrected chi connectivity index (χ3v) is 4.11. The van der Waals surface area contributed by atoms with Crippen LogP contribution >= 0.6 is 0 Å². The van der Waals surface area contributed by atoms with E-state index in [0.717, 1.165) is 12.8 Å². The highest BCUT2D eigenvalue weighted by Crippen LogP contribution is 2.36. The van der Waals surface area contributed by atoms with Crippen LogP contribution in [-0.2, 0) is 25.6 Å². The summed E-state index contributed by atoms with van der Waals surface area (Å²) >= 11 is 0. The Labute approximate surface area is 120 Å². The maximum atomic E-state index is 6.08. The van der Waals surface area contributed by atoms with Crippen LogP contribution in [0.1, 0.15) is 25.3 Å². The largest absolute Gasteiger partial charge is 0.376 e. The van der Waals surface area contributed by atoms with Gasteiger partial charge in [-0.05, 0) is 12.0 Å². The fraction of sp³-hybridized carbons (Fsp3) is 0.625. The molecular formula is C16H22O4. The van der Waals surface area contributed by atoms with E-state index in [-0.39, 0.29) is 30.7 Å². The summed E-state index contributed by atoms with van der Waals surface area (Å²) in [5.74, 6) is 0. The summed E-state index contributed by atoms with van der Waals surface area (Å²) in [6, 6.07) is 10.2. The Hall–Kier alpha value is -0.940. The van der Waals surface area contributed by atoms with Crippen molar-refractivity contribution >= 4 is 0 Å². The number of methoxy groups -OCH3 is 1. The molecule has 3 rings (SSSR count). The quantitative estimate of drug-likeness (QED) is 0.829. The standard InChI is InChI=1S/C16H22O4/c1-3-12-15-13(9-14(17-2)16(19-12)20-15)18-10-11-7-5-4-6-8-11/h4-8,12-16H,3,9-10H2,1-2H3/t12-,13+,14-,15+,16+/m1/s1. The normalized spacial score (nSPS) is 36.2. The van der Waals surface area contributed by atoms with Crippen molar-refractivity contribution in [3.8, 4) is 0 Å². The van der Waals surface area contributed by atoms with Gasteiger partial charge in [-0.2, -0.15) is 0 Å². The molecule has 110 valence electrons. The molecule has 0 saturated carbocycles. The number of fused-ring (bicyclic) bond motifs is 2. The van der Waals surface area contributed by atoms with Gasteiger partial charge in [0.15, 0.2) is 6.29 Å². The van der Waals surface area contributed by atoms with Gasteiger partial charge in [0.2, 0.25) is 0 Å². The van der Waals surface area contributed by atoms with Gasteiger partial charge < -0.3 is 18.9 Å². The Bertz CT molecular complexity index is 420. The van der Waals surface area contributed by atoms with E-state index in [2.05, 4.69) is 19.1 Å². The Morgan fingerprint density at radius 2 is 1.95 bits per heavy atom. The van der Waals surface area contributed by atoms with Crippen LogP contribution in [0, 0.1) is 0 Å². The molecule has 0 aliphatic carbocycles. The molecule has 0 spiro atoms. The molecule has 1 aromatic rings. The first-order valence-electron chi connectivity index (χ1n) is 7.31. The topological polar surface area (TPSA) is 36.9 Å². The van der Waals surface area contributed by atoms with Gasteiger partial charge in [0.1, 0.15) is 12.2 Å². The van der Waals surface area contributed by atoms with Gasteiger partial charge in [-0.1, -0.05) is 37.3 Å². The summed E-state index contributed by atoms with van der Waals surface area (Å²) in [5, 5.41) is 0. The maximum absolute atomic E-state index is 6.08. The molecule has 2 heterocycles. The van der Waals surface area contributed by atoms with Gasteiger partial charge in [-0.15, -0.1) is 0 Å². The summed E-state index contributed by atoms with van der Waals surface area (Å²) in [6.45, 7) is 2.72. The lowest BCUT2D eigenvalue weighted by atomic mass is 9.99. The SMILES string of the molecule is CC[C@H]1O[C@H]2O[C@@H]1[C@@H](OCc1ccccc1)C[C@H]2OC. The molecular weight excluding hydrogens is 256 g/mol. The van der Waals surface area contributed by atoms with Gasteiger partial charge in [0, 0.05) is 13.5 Å². The van der Waals surface area contributed by atoms with Crippen LogP contribution in [0.15, 0.2) is 30.3 Å². The monoisotopic (exact) mass is 278 g/mol. The van der Waals surface area contributed by atoms with E-state index >= 15 is 0 Å². The summed E-state index contributed by atoms with van der Waals surface area (Å²) < 4.78 is 23.4. The summed E-state index contributed by atoms with van der Waals surface area (Å²) in [5.41, 5.74) is 1.18. The van der Waals surface area contributed by atoms with Crippen molar-refractivity contribution in [1.29, 1.82) is 0 Å². The number of hydrogen-bond donors (Lipinski definition) is 0. The number of benzene rings is 1. The fourth-order valence-electron chi connectivity index (χ4n) is 2.98. The minimum absolute atomic E-state index is 0.0279. The zero-order valence-corrected chi connectivity index (χ0v) is 12.0. The van der Waals surface area contributed by atoms with Gasteiger partial charge in [0.25, 0.3) is 0 Å². The van der Waals surface area contributed by atoms with Crippen LogP contribution in [0.3, 0.4) is 0 Å². The van der Waals surface area contributed by atoms with Crippen molar-refractivity contribution < 1.29 is 18.9 Å². The van der Waals surface area contributed by atoms with E-state index in [4.69, 9.17) is 18.9 Å². The van der Waals surface area contributed by atoms with Crippen LogP contribution in [0.2, 0.25) is 0 Å². The highest BCUT2D eigenvalue weighted by atomic mass is 16.8. The van der Waals surface area contributed by atoms with Gasteiger partial charge in [0.05, 0.1) is 18.8 Å². The average molecular weight is 278 g/mol. The van der Waals surface area contributed by atoms with Crippen LogP contribution in [0.25, 0.3) is 0 Å². The summed E-state index contributed by atoms with van der Waals surface area (Å²) in [4.78, 5) is 0. The van der Waals surface area contributed by atoms with E-state index in [0.29, 0.717) is 6.61 Å². The lowest BCUT2D eigenvalue weighted by Gasteiger charge is -2.33. The minimum Gasteiger partial charge on any atom is -0.376 e. The molecule has 0 radical (unpaired) electrons. The summed E-state index contributed by atoms with van der Waals surface area (Å²) in [6.07, 6.45) is 1.66. The first-order chi connectivity index (χ1) is 9.81. The van der Waals surface area contributed by atoms with Crippen molar-refractivity contribution in [3.05, 3.63) is 35.9 Å². The van der Waals surface area contributed by atoms with Crippen LogP contribution in [0.4, 0.5) is 0 Å². The second kappa shape index (κ2) is 6.22.